The Morgan fingerprint density at radius 2 is 1.82 bits per heavy atom. The van der Waals surface area contributed by atoms with Gasteiger partial charge in [0.1, 0.15) is 0 Å². The molecule has 3 rings (SSSR count). The summed E-state index contributed by atoms with van der Waals surface area (Å²) in [4.78, 5) is 25.8. The Kier molecular flexibility index (Phi) is 6.29. The van der Waals surface area contributed by atoms with Gasteiger partial charge >= 0.3 is 5.97 Å². The Morgan fingerprint density at radius 3 is 2.50 bits per heavy atom. The molecule has 1 amide bonds. The van der Waals surface area contributed by atoms with Gasteiger partial charge < -0.3 is 15.1 Å². The number of benzene rings is 2. The van der Waals surface area contributed by atoms with Gasteiger partial charge in [-0.25, -0.2) is 4.39 Å². The molecule has 28 heavy (non-hydrogen) atoms. The minimum atomic E-state index is -0.865. The van der Waals surface area contributed by atoms with Crippen LogP contribution in [-0.4, -0.2) is 40.1 Å². The Morgan fingerprint density at radius 1 is 1.07 bits per heavy atom. The summed E-state index contributed by atoms with van der Waals surface area (Å²) in [6.45, 7) is 0.679. The number of aryl methyl sites for hydroxylation is 1. The van der Waals surface area contributed by atoms with E-state index in [2.05, 4.69) is 0 Å². The maximum absolute atomic E-state index is 13.4. The minimum Gasteiger partial charge on any atom is -0.505 e. The van der Waals surface area contributed by atoms with Crippen LogP contribution in [0.2, 0.25) is 0 Å². The van der Waals surface area contributed by atoms with Crippen molar-refractivity contribution in [2.75, 3.05) is 13.1 Å². The first kappa shape index (κ1) is 19.9. The molecule has 1 aliphatic heterocycles. The third-order valence-corrected chi connectivity index (χ3v) is 5.32. The van der Waals surface area contributed by atoms with Gasteiger partial charge in [0.15, 0.2) is 11.6 Å². The summed E-state index contributed by atoms with van der Waals surface area (Å²) in [6.07, 6.45) is 1.98. The smallest absolute Gasteiger partial charge is 0.308 e. The molecular weight excluding hydrogens is 361 g/mol. The summed E-state index contributed by atoms with van der Waals surface area (Å²) in [6, 6.07) is 13.9. The van der Waals surface area contributed by atoms with Gasteiger partial charge in [0, 0.05) is 19.5 Å². The number of hydrogen-bond donors (Lipinski definition) is 2. The van der Waals surface area contributed by atoms with Crippen LogP contribution in [0.1, 0.15) is 24.0 Å². The van der Waals surface area contributed by atoms with Crippen LogP contribution < -0.4 is 0 Å². The summed E-state index contributed by atoms with van der Waals surface area (Å²) in [7, 11) is 0. The van der Waals surface area contributed by atoms with Gasteiger partial charge in [-0.2, -0.15) is 0 Å². The van der Waals surface area contributed by atoms with E-state index >= 15 is 0 Å². The summed E-state index contributed by atoms with van der Waals surface area (Å²) >= 11 is 0. The predicted octanol–water partition coefficient (Wildman–Crippen LogP) is 3.26. The highest BCUT2D eigenvalue weighted by Crippen LogP contribution is 2.28. The highest BCUT2D eigenvalue weighted by atomic mass is 19.1. The second-order valence-corrected chi connectivity index (χ2v) is 7.33. The minimum absolute atomic E-state index is 0.0685. The molecule has 0 saturated carbocycles. The lowest BCUT2D eigenvalue weighted by atomic mass is 9.90. The highest BCUT2D eigenvalue weighted by molar-refractivity contribution is 5.79. The van der Waals surface area contributed by atoms with E-state index in [0.717, 1.165) is 11.1 Å². The Labute approximate surface area is 163 Å². The Balaban J connectivity index is 1.54. The molecule has 1 saturated heterocycles. The van der Waals surface area contributed by atoms with Crippen LogP contribution in [0.5, 0.6) is 5.75 Å². The molecule has 6 heteroatoms. The fraction of sp³-hybridized carbons (Fsp3) is 0.364. The number of aliphatic carboxylic acids is 1. The van der Waals surface area contributed by atoms with Crippen molar-refractivity contribution in [2.24, 2.45) is 11.8 Å². The van der Waals surface area contributed by atoms with Crippen LogP contribution in [0, 0.1) is 17.7 Å². The summed E-state index contributed by atoms with van der Waals surface area (Å²) in [5.41, 5.74) is 1.79. The molecule has 148 valence electrons. The second-order valence-electron chi connectivity index (χ2n) is 7.33. The number of aromatic hydroxyl groups is 1. The van der Waals surface area contributed by atoms with Crippen LogP contribution in [0.25, 0.3) is 0 Å². The SMILES string of the molecule is O=C(O)[C@@H]1CN(C(=O)CCCc2ccc(O)c(F)c2)C[C@H]1Cc1ccccc1. The van der Waals surface area contributed by atoms with Crippen molar-refractivity contribution < 1.29 is 24.2 Å². The van der Waals surface area contributed by atoms with Gasteiger partial charge in [0.05, 0.1) is 5.92 Å². The standard InChI is InChI=1S/C22H24FNO4/c23-19-12-16(9-10-20(19)25)7-4-8-21(26)24-13-17(18(14-24)22(27)28)11-15-5-2-1-3-6-15/h1-3,5-6,9-10,12,17-18,25H,4,7-8,11,13-14H2,(H,27,28)/t17-,18-/m1/s1. The monoisotopic (exact) mass is 385 g/mol. The van der Waals surface area contributed by atoms with E-state index in [4.69, 9.17) is 0 Å². The first-order chi connectivity index (χ1) is 13.4. The molecule has 0 aromatic heterocycles. The third kappa shape index (κ3) is 4.88. The summed E-state index contributed by atoms with van der Waals surface area (Å²) in [5.74, 6) is -2.65. The molecule has 2 aromatic carbocycles. The second kappa shape index (κ2) is 8.87. The van der Waals surface area contributed by atoms with Crippen molar-refractivity contribution in [2.45, 2.75) is 25.7 Å². The average Bonchev–Trinajstić information content (AvgIpc) is 3.09. The van der Waals surface area contributed by atoms with Crippen LogP contribution in [0.15, 0.2) is 48.5 Å². The number of likely N-dealkylation sites (tertiary alicyclic amines) is 1. The van der Waals surface area contributed by atoms with Crippen LogP contribution in [0.4, 0.5) is 4.39 Å². The fourth-order valence-electron chi connectivity index (χ4n) is 3.79. The maximum Gasteiger partial charge on any atom is 0.308 e. The lowest BCUT2D eigenvalue weighted by molar-refractivity contribution is -0.142. The lowest BCUT2D eigenvalue weighted by Crippen LogP contribution is -2.29. The van der Waals surface area contributed by atoms with Crippen LogP contribution >= 0.6 is 0 Å². The van der Waals surface area contributed by atoms with Crippen molar-refractivity contribution in [1.29, 1.82) is 0 Å². The number of rotatable bonds is 7. The zero-order valence-electron chi connectivity index (χ0n) is 15.6. The molecule has 0 unspecified atom stereocenters. The number of phenols is 1. The average molecular weight is 385 g/mol. The van der Waals surface area contributed by atoms with Gasteiger partial charge in [-0.1, -0.05) is 36.4 Å². The molecule has 2 atom stereocenters. The molecule has 0 bridgehead atoms. The van der Waals surface area contributed by atoms with Gasteiger partial charge in [-0.05, 0) is 48.4 Å². The van der Waals surface area contributed by atoms with Gasteiger partial charge in [-0.3, -0.25) is 9.59 Å². The van der Waals surface area contributed by atoms with Crippen LogP contribution in [0.3, 0.4) is 0 Å². The molecular formula is C22H24FNO4. The molecule has 1 fully saturated rings. The highest BCUT2D eigenvalue weighted by Gasteiger charge is 2.39. The topological polar surface area (TPSA) is 77.8 Å². The number of carboxylic acid groups (broad SMARTS) is 1. The van der Waals surface area contributed by atoms with Crippen molar-refractivity contribution in [3.63, 3.8) is 0 Å². The van der Waals surface area contributed by atoms with Gasteiger partial charge in [-0.15, -0.1) is 0 Å². The zero-order valence-corrected chi connectivity index (χ0v) is 15.6. The van der Waals surface area contributed by atoms with Crippen molar-refractivity contribution in [1.82, 2.24) is 4.90 Å². The molecule has 2 N–H and O–H groups in total. The van der Waals surface area contributed by atoms with Crippen molar-refractivity contribution in [3.05, 3.63) is 65.5 Å². The van der Waals surface area contributed by atoms with E-state index in [-0.39, 0.29) is 30.5 Å². The van der Waals surface area contributed by atoms with Crippen LogP contribution in [-0.2, 0) is 22.4 Å². The van der Waals surface area contributed by atoms with Gasteiger partial charge in [0.25, 0.3) is 0 Å². The number of phenolic OH excluding ortho intramolecular Hbond substituents is 1. The van der Waals surface area contributed by atoms with E-state index in [0.29, 0.717) is 25.8 Å². The molecule has 1 aliphatic rings. The number of nitrogens with zero attached hydrogens (tertiary/aromatic N) is 1. The zero-order chi connectivity index (χ0) is 20.1. The largest absolute Gasteiger partial charge is 0.505 e. The number of carbonyl (C=O) groups is 2. The first-order valence-corrected chi connectivity index (χ1v) is 9.46. The number of carbonyl (C=O) groups excluding carboxylic acids is 1. The summed E-state index contributed by atoms with van der Waals surface area (Å²) < 4.78 is 13.4. The molecule has 1 heterocycles. The number of hydrogen-bond acceptors (Lipinski definition) is 3. The third-order valence-electron chi connectivity index (χ3n) is 5.32. The van der Waals surface area contributed by atoms with E-state index in [9.17, 15) is 24.2 Å². The number of halogens is 1. The maximum atomic E-state index is 13.4. The van der Waals surface area contributed by atoms with E-state index in [1.54, 1.807) is 11.0 Å². The lowest BCUT2D eigenvalue weighted by Gasteiger charge is -2.16. The number of amides is 1. The van der Waals surface area contributed by atoms with Gasteiger partial charge in [0.2, 0.25) is 5.91 Å². The molecule has 0 radical (unpaired) electrons. The molecule has 2 aromatic rings. The van der Waals surface area contributed by atoms with E-state index < -0.39 is 17.7 Å². The molecule has 0 spiro atoms. The summed E-state index contributed by atoms with van der Waals surface area (Å²) in [5, 5.41) is 18.8. The number of carboxylic acids is 1. The van der Waals surface area contributed by atoms with E-state index in [1.807, 2.05) is 30.3 Å². The molecule has 0 aliphatic carbocycles. The van der Waals surface area contributed by atoms with E-state index in [1.165, 1.54) is 12.1 Å². The Bertz CT molecular complexity index is 840. The normalized spacial score (nSPS) is 19.0. The van der Waals surface area contributed by atoms with Crippen molar-refractivity contribution in [3.8, 4) is 5.75 Å². The predicted molar refractivity (Wildman–Crippen MR) is 102 cm³/mol. The quantitative estimate of drug-likeness (QED) is 0.767. The first-order valence-electron chi connectivity index (χ1n) is 9.46. The molecule has 5 nitrogen and oxygen atoms in total. The van der Waals surface area contributed by atoms with Crippen molar-refractivity contribution >= 4 is 11.9 Å². The Hall–Kier alpha value is -2.89. The fourth-order valence-corrected chi connectivity index (χ4v) is 3.79.